The lowest BCUT2D eigenvalue weighted by atomic mass is 9.60. The lowest BCUT2D eigenvalue weighted by molar-refractivity contribution is -0.168. The van der Waals surface area contributed by atoms with Crippen LogP contribution in [0.4, 0.5) is 0 Å². The van der Waals surface area contributed by atoms with Crippen LogP contribution in [0.2, 0.25) is 10.0 Å². The van der Waals surface area contributed by atoms with Crippen LogP contribution in [-0.2, 0) is 4.79 Å². The van der Waals surface area contributed by atoms with Gasteiger partial charge in [0.15, 0.2) is 0 Å². The molecule has 0 spiro atoms. The van der Waals surface area contributed by atoms with Crippen LogP contribution in [-0.4, -0.2) is 28.6 Å². The first kappa shape index (κ1) is 20.7. The molecule has 0 amide bonds. The highest BCUT2D eigenvalue weighted by molar-refractivity contribution is 6.30. The monoisotopic (exact) mass is 431 g/mol. The van der Waals surface area contributed by atoms with Gasteiger partial charge < -0.3 is 5.11 Å². The van der Waals surface area contributed by atoms with Gasteiger partial charge in [-0.15, -0.1) is 0 Å². The summed E-state index contributed by atoms with van der Waals surface area (Å²) in [5.74, 6) is -0.425. The van der Waals surface area contributed by atoms with Gasteiger partial charge in [-0.2, -0.15) is 0 Å². The number of benzene rings is 2. The molecule has 1 N–H and O–H groups in total. The highest BCUT2D eigenvalue weighted by atomic mass is 35.5. The van der Waals surface area contributed by atoms with Crippen molar-refractivity contribution in [3.63, 3.8) is 0 Å². The minimum Gasteiger partial charge on any atom is -0.481 e. The number of halogens is 2. The van der Waals surface area contributed by atoms with Crippen molar-refractivity contribution in [2.75, 3.05) is 6.54 Å². The summed E-state index contributed by atoms with van der Waals surface area (Å²) in [5, 5.41) is 11.5. The van der Waals surface area contributed by atoms with E-state index >= 15 is 0 Å². The Labute approximate surface area is 182 Å². The standard InChI is InChI=1S/C24H27Cl2NO2/c1-16-21(24(23(28)29)13-3-2-4-14-24)15-27(16)22(17-5-9-19(25)10-6-17)18-7-11-20(26)12-8-18/h5-12,16,21-22H,2-4,13-15H2,1H3,(H,28,29)/t16-,21+/m0/s1. The summed E-state index contributed by atoms with van der Waals surface area (Å²) >= 11 is 12.2. The molecule has 1 aliphatic carbocycles. The van der Waals surface area contributed by atoms with Gasteiger partial charge >= 0.3 is 5.97 Å². The maximum atomic E-state index is 12.3. The average Bonchev–Trinajstić information content (AvgIpc) is 2.72. The summed E-state index contributed by atoms with van der Waals surface area (Å²) in [6.45, 7) is 2.98. The molecule has 2 atom stereocenters. The van der Waals surface area contributed by atoms with Crippen LogP contribution >= 0.6 is 23.2 Å². The number of carboxylic acid groups (broad SMARTS) is 1. The van der Waals surface area contributed by atoms with Gasteiger partial charge in [-0.05, 0) is 55.2 Å². The zero-order valence-electron chi connectivity index (χ0n) is 16.7. The number of hydrogen-bond acceptors (Lipinski definition) is 2. The number of carbonyl (C=O) groups is 1. The fraction of sp³-hybridized carbons (Fsp3) is 0.458. The van der Waals surface area contributed by atoms with Gasteiger partial charge in [-0.25, -0.2) is 0 Å². The van der Waals surface area contributed by atoms with E-state index in [4.69, 9.17) is 23.2 Å². The summed E-state index contributed by atoms with van der Waals surface area (Å²) in [6.07, 6.45) is 4.80. The number of nitrogens with zero attached hydrogens (tertiary/aromatic N) is 1. The summed E-state index contributed by atoms with van der Waals surface area (Å²) in [4.78, 5) is 14.7. The number of carboxylic acids is 1. The second kappa shape index (κ2) is 8.29. The van der Waals surface area contributed by atoms with Gasteiger partial charge in [-0.1, -0.05) is 66.7 Å². The molecule has 154 valence electrons. The Morgan fingerprint density at radius 2 is 1.45 bits per heavy atom. The first-order valence-corrected chi connectivity index (χ1v) is 11.2. The van der Waals surface area contributed by atoms with Gasteiger partial charge in [0.05, 0.1) is 11.5 Å². The molecule has 0 aromatic heterocycles. The average molecular weight is 432 g/mol. The van der Waals surface area contributed by atoms with E-state index in [9.17, 15) is 9.90 Å². The zero-order valence-corrected chi connectivity index (χ0v) is 18.2. The van der Waals surface area contributed by atoms with Gasteiger partial charge in [-0.3, -0.25) is 9.69 Å². The van der Waals surface area contributed by atoms with Crippen LogP contribution in [0.25, 0.3) is 0 Å². The molecule has 1 aliphatic heterocycles. The predicted octanol–water partition coefficient (Wildman–Crippen LogP) is 6.44. The Bertz CT molecular complexity index is 814. The molecular formula is C24H27Cl2NO2. The quantitative estimate of drug-likeness (QED) is 0.591. The third-order valence-corrected chi connectivity index (χ3v) is 7.60. The van der Waals surface area contributed by atoms with E-state index in [1.54, 1.807) is 0 Å². The zero-order chi connectivity index (χ0) is 20.6. The molecule has 2 aliphatic rings. The van der Waals surface area contributed by atoms with Crippen LogP contribution < -0.4 is 0 Å². The van der Waals surface area contributed by atoms with Crippen molar-refractivity contribution < 1.29 is 9.90 Å². The predicted molar refractivity (Wildman–Crippen MR) is 118 cm³/mol. The van der Waals surface area contributed by atoms with Crippen LogP contribution in [0, 0.1) is 11.3 Å². The number of rotatable bonds is 5. The largest absolute Gasteiger partial charge is 0.481 e. The van der Waals surface area contributed by atoms with E-state index < -0.39 is 11.4 Å². The Balaban J connectivity index is 1.65. The molecule has 2 aromatic carbocycles. The van der Waals surface area contributed by atoms with Gasteiger partial charge in [0.2, 0.25) is 0 Å². The third kappa shape index (κ3) is 3.81. The smallest absolute Gasteiger partial charge is 0.310 e. The fourth-order valence-electron chi connectivity index (χ4n) is 5.41. The second-order valence-electron chi connectivity index (χ2n) is 8.57. The van der Waals surface area contributed by atoms with Crippen molar-refractivity contribution in [1.82, 2.24) is 4.90 Å². The van der Waals surface area contributed by atoms with Crippen LogP contribution in [0.15, 0.2) is 48.5 Å². The van der Waals surface area contributed by atoms with Crippen LogP contribution in [0.3, 0.4) is 0 Å². The molecule has 29 heavy (non-hydrogen) atoms. The number of likely N-dealkylation sites (tertiary alicyclic amines) is 1. The van der Waals surface area contributed by atoms with Gasteiger partial charge in [0.1, 0.15) is 0 Å². The van der Waals surface area contributed by atoms with Crippen molar-refractivity contribution in [1.29, 1.82) is 0 Å². The van der Waals surface area contributed by atoms with Crippen LogP contribution in [0.1, 0.15) is 56.2 Å². The highest BCUT2D eigenvalue weighted by Crippen LogP contribution is 2.52. The second-order valence-corrected chi connectivity index (χ2v) is 9.44. The molecule has 1 saturated carbocycles. The van der Waals surface area contributed by atoms with Crippen molar-refractivity contribution >= 4 is 29.2 Å². The van der Waals surface area contributed by atoms with Crippen molar-refractivity contribution in [3.05, 3.63) is 69.7 Å². The van der Waals surface area contributed by atoms with Gasteiger partial charge in [0, 0.05) is 28.5 Å². The molecule has 3 nitrogen and oxygen atoms in total. The van der Waals surface area contributed by atoms with E-state index in [1.807, 2.05) is 24.3 Å². The topological polar surface area (TPSA) is 40.5 Å². The SMILES string of the molecule is C[C@H]1[C@H](C2(C(=O)O)CCCCC2)CN1C(c1ccc(Cl)cc1)c1ccc(Cl)cc1. The lowest BCUT2D eigenvalue weighted by Crippen LogP contribution is -2.63. The van der Waals surface area contributed by atoms with Gasteiger partial charge in [0.25, 0.3) is 0 Å². The number of hydrogen-bond donors (Lipinski definition) is 1. The molecule has 0 radical (unpaired) electrons. The van der Waals surface area contributed by atoms with Crippen molar-refractivity contribution in [2.24, 2.45) is 11.3 Å². The molecule has 2 aromatic rings. The Morgan fingerprint density at radius 1 is 0.966 bits per heavy atom. The molecule has 2 fully saturated rings. The van der Waals surface area contributed by atoms with E-state index in [0.717, 1.165) is 49.8 Å². The normalized spacial score (nSPS) is 24.3. The first-order valence-electron chi connectivity index (χ1n) is 10.4. The molecule has 0 unspecified atom stereocenters. The van der Waals surface area contributed by atoms with E-state index in [0.29, 0.717) is 10.0 Å². The minimum atomic E-state index is -0.608. The Morgan fingerprint density at radius 3 is 1.86 bits per heavy atom. The molecule has 0 bridgehead atoms. The minimum absolute atomic E-state index is 0.0604. The van der Waals surface area contributed by atoms with Crippen molar-refractivity contribution in [3.8, 4) is 0 Å². The fourth-order valence-corrected chi connectivity index (χ4v) is 5.66. The highest BCUT2D eigenvalue weighted by Gasteiger charge is 2.55. The molecule has 1 heterocycles. The maximum absolute atomic E-state index is 12.3. The lowest BCUT2D eigenvalue weighted by Gasteiger charge is -2.57. The summed E-state index contributed by atoms with van der Waals surface area (Å²) < 4.78 is 0. The summed E-state index contributed by atoms with van der Waals surface area (Å²) in [5.41, 5.74) is 1.75. The molecule has 4 rings (SSSR count). The Hall–Kier alpha value is -1.55. The first-order chi connectivity index (χ1) is 13.9. The summed E-state index contributed by atoms with van der Waals surface area (Å²) in [7, 11) is 0. The third-order valence-electron chi connectivity index (χ3n) is 7.10. The van der Waals surface area contributed by atoms with E-state index in [1.165, 1.54) is 0 Å². The van der Waals surface area contributed by atoms with Crippen LogP contribution in [0.5, 0.6) is 0 Å². The molecule has 1 saturated heterocycles. The molecular weight excluding hydrogens is 405 g/mol. The summed E-state index contributed by atoms with van der Waals surface area (Å²) in [6, 6.07) is 16.2. The number of aliphatic carboxylic acids is 1. The van der Waals surface area contributed by atoms with E-state index in [-0.39, 0.29) is 18.0 Å². The molecule has 5 heteroatoms. The van der Waals surface area contributed by atoms with E-state index in [2.05, 4.69) is 36.1 Å². The Kier molecular flexibility index (Phi) is 5.92. The maximum Gasteiger partial charge on any atom is 0.310 e. The van der Waals surface area contributed by atoms with Crippen molar-refractivity contribution in [2.45, 2.75) is 51.1 Å².